The Morgan fingerprint density at radius 1 is 1.35 bits per heavy atom. The zero-order chi connectivity index (χ0) is 14.1. The van der Waals surface area contributed by atoms with Gasteiger partial charge in [-0.05, 0) is 18.9 Å². The quantitative estimate of drug-likeness (QED) is 0.862. The van der Waals surface area contributed by atoms with Crippen LogP contribution in [0, 0.1) is 0 Å². The van der Waals surface area contributed by atoms with Crippen LogP contribution in [-0.4, -0.2) is 29.6 Å². The Morgan fingerprint density at radius 2 is 2.10 bits per heavy atom. The molecule has 1 saturated carbocycles. The van der Waals surface area contributed by atoms with E-state index in [1.165, 1.54) is 7.11 Å². The maximum Gasteiger partial charge on any atom is 0.340 e. The summed E-state index contributed by atoms with van der Waals surface area (Å²) in [7, 11) is 1.36. The van der Waals surface area contributed by atoms with E-state index in [2.05, 4.69) is 5.32 Å². The number of rotatable bonds is 4. The van der Waals surface area contributed by atoms with Crippen LogP contribution in [-0.2, 0) is 16.1 Å². The van der Waals surface area contributed by atoms with Crippen molar-refractivity contribution in [3.05, 3.63) is 36.0 Å². The van der Waals surface area contributed by atoms with Crippen molar-refractivity contribution in [2.75, 3.05) is 7.11 Å². The van der Waals surface area contributed by atoms with Crippen LogP contribution in [0.3, 0.4) is 0 Å². The fourth-order valence-corrected chi connectivity index (χ4v) is 2.31. The van der Waals surface area contributed by atoms with Crippen LogP contribution in [0.4, 0.5) is 0 Å². The first-order valence-corrected chi connectivity index (χ1v) is 6.64. The highest BCUT2D eigenvalue weighted by molar-refractivity contribution is 6.04. The lowest BCUT2D eigenvalue weighted by atomic mass is 10.2. The first kappa shape index (κ1) is 12.7. The third-order valence-electron chi connectivity index (χ3n) is 3.45. The molecule has 0 spiro atoms. The molecule has 1 aromatic carbocycles. The predicted molar refractivity (Wildman–Crippen MR) is 74.4 cm³/mol. The zero-order valence-corrected chi connectivity index (χ0v) is 11.3. The number of para-hydroxylation sites is 1. The van der Waals surface area contributed by atoms with Crippen molar-refractivity contribution in [1.82, 2.24) is 9.88 Å². The molecule has 0 bridgehead atoms. The molecule has 1 aromatic heterocycles. The van der Waals surface area contributed by atoms with Crippen molar-refractivity contribution in [2.24, 2.45) is 0 Å². The molecule has 1 aliphatic rings. The molecule has 5 heteroatoms. The fourth-order valence-electron chi connectivity index (χ4n) is 2.31. The summed E-state index contributed by atoms with van der Waals surface area (Å²) in [6, 6.07) is 7.84. The van der Waals surface area contributed by atoms with Gasteiger partial charge in [-0.1, -0.05) is 18.2 Å². The summed E-state index contributed by atoms with van der Waals surface area (Å²) >= 11 is 0. The lowest BCUT2D eigenvalue weighted by molar-refractivity contribution is -0.121. The minimum atomic E-state index is -0.387. The van der Waals surface area contributed by atoms with E-state index in [-0.39, 0.29) is 18.4 Å². The van der Waals surface area contributed by atoms with E-state index in [4.69, 9.17) is 4.74 Å². The molecule has 104 valence electrons. The number of amides is 1. The van der Waals surface area contributed by atoms with Crippen molar-refractivity contribution in [3.8, 4) is 0 Å². The van der Waals surface area contributed by atoms with Gasteiger partial charge in [0.25, 0.3) is 0 Å². The van der Waals surface area contributed by atoms with Crippen LogP contribution in [0.1, 0.15) is 23.2 Å². The summed E-state index contributed by atoms with van der Waals surface area (Å²) in [6.07, 6.45) is 3.81. The van der Waals surface area contributed by atoms with Crippen LogP contribution in [0.5, 0.6) is 0 Å². The summed E-state index contributed by atoms with van der Waals surface area (Å²) in [5, 5.41) is 3.75. The molecule has 0 radical (unpaired) electrons. The topological polar surface area (TPSA) is 60.3 Å². The van der Waals surface area contributed by atoms with Crippen molar-refractivity contribution in [2.45, 2.75) is 25.4 Å². The molecule has 5 nitrogen and oxygen atoms in total. The summed E-state index contributed by atoms with van der Waals surface area (Å²) in [6.45, 7) is 0.216. The second-order valence-corrected chi connectivity index (χ2v) is 5.02. The third-order valence-corrected chi connectivity index (χ3v) is 3.45. The first-order valence-electron chi connectivity index (χ1n) is 6.64. The van der Waals surface area contributed by atoms with Gasteiger partial charge in [0.2, 0.25) is 5.91 Å². The minimum Gasteiger partial charge on any atom is -0.465 e. The minimum absolute atomic E-state index is 0.0235. The van der Waals surface area contributed by atoms with Crippen molar-refractivity contribution in [3.63, 3.8) is 0 Å². The van der Waals surface area contributed by atoms with E-state index in [0.29, 0.717) is 11.6 Å². The molecule has 1 N–H and O–H groups in total. The molecule has 1 amide bonds. The normalized spacial score (nSPS) is 14.2. The number of carbonyl (C=O) groups is 2. The van der Waals surface area contributed by atoms with Gasteiger partial charge in [0.1, 0.15) is 6.54 Å². The van der Waals surface area contributed by atoms with E-state index in [0.717, 1.165) is 23.7 Å². The molecular formula is C15H16N2O3. The van der Waals surface area contributed by atoms with Crippen LogP contribution < -0.4 is 5.32 Å². The van der Waals surface area contributed by atoms with Gasteiger partial charge in [0.15, 0.2) is 0 Å². The molecule has 1 heterocycles. The fraction of sp³-hybridized carbons (Fsp3) is 0.333. The van der Waals surface area contributed by atoms with E-state index >= 15 is 0 Å². The molecule has 0 atom stereocenters. The number of hydrogen-bond donors (Lipinski definition) is 1. The van der Waals surface area contributed by atoms with Gasteiger partial charge < -0.3 is 14.6 Å². The first-order chi connectivity index (χ1) is 9.69. The smallest absolute Gasteiger partial charge is 0.340 e. The molecule has 3 rings (SSSR count). The number of fused-ring (bicyclic) bond motifs is 1. The van der Waals surface area contributed by atoms with E-state index < -0.39 is 0 Å². The Kier molecular flexibility index (Phi) is 3.18. The largest absolute Gasteiger partial charge is 0.465 e. The van der Waals surface area contributed by atoms with Crippen LogP contribution in [0.15, 0.2) is 30.5 Å². The third kappa shape index (κ3) is 2.39. The van der Waals surface area contributed by atoms with Crippen LogP contribution in [0.25, 0.3) is 10.9 Å². The molecule has 1 fully saturated rings. The average Bonchev–Trinajstić information content (AvgIpc) is 3.19. The van der Waals surface area contributed by atoms with Crippen molar-refractivity contribution in [1.29, 1.82) is 0 Å². The summed E-state index contributed by atoms with van der Waals surface area (Å²) < 4.78 is 6.58. The Bertz CT molecular complexity index is 671. The Morgan fingerprint density at radius 3 is 2.80 bits per heavy atom. The maximum atomic E-state index is 11.9. The number of carbonyl (C=O) groups excluding carboxylic acids is 2. The van der Waals surface area contributed by atoms with Gasteiger partial charge in [-0.15, -0.1) is 0 Å². The number of esters is 1. The Balaban J connectivity index is 1.93. The number of hydrogen-bond acceptors (Lipinski definition) is 3. The van der Waals surface area contributed by atoms with E-state index in [9.17, 15) is 9.59 Å². The molecule has 2 aromatic rings. The number of aromatic nitrogens is 1. The molecule has 0 aliphatic heterocycles. The van der Waals surface area contributed by atoms with Gasteiger partial charge in [-0.2, -0.15) is 0 Å². The van der Waals surface area contributed by atoms with Gasteiger partial charge in [-0.25, -0.2) is 4.79 Å². The average molecular weight is 272 g/mol. The highest BCUT2D eigenvalue weighted by atomic mass is 16.5. The monoisotopic (exact) mass is 272 g/mol. The lowest BCUT2D eigenvalue weighted by Crippen LogP contribution is -2.29. The highest BCUT2D eigenvalue weighted by Gasteiger charge is 2.24. The Hall–Kier alpha value is -2.30. The second kappa shape index (κ2) is 5.00. The molecule has 1 aliphatic carbocycles. The lowest BCUT2D eigenvalue weighted by Gasteiger charge is -2.05. The van der Waals surface area contributed by atoms with Crippen molar-refractivity contribution < 1.29 is 14.3 Å². The van der Waals surface area contributed by atoms with Gasteiger partial charge in [0, 0.05) is 23.1 Å². The summed E-state index contributed by atoms with van der Waals surface area (Å²) in [5.41, 5.74) is 1.35. The predicted octanol–water partition coefficient (Wildman–Crippen LogP) is 1.71. The standard InChI is InChI=1S/C15H16N2O3/c1-20-15(19)12-8-17(9-14(18)16-10-6-7-10)13-5-3-2-4-11(12)13/h2-5,8,10H,6-7,9H2,1H3,(H,16,18). The number of ether oxygens (including phenoxy) is 1. The Labute approximate surface area is 116 Å². The molecular weight excluding hydrogens is 256 g/mol. The summed E-state index contributed by atoms with van der Waals surface area (Å²) in [4.78, 5) is 23.7. The second-order valence-electron chi connectivity index (χ2n) is 5.02. The van der Waals surface area contributed by atoms with Crippen molar-refractivity contribution >= 4 is 22.8 Å². The number of nitrogens with one attached hydrogen (secondary N) is 1. The maximum absolute atomic E-state index is 11.9. The zero-order valence-electron chi connectivity index (χ0n) is 11.3. The van der Waals surface area contributed by atoms with Crippen LogP contribution >= 0.6 is 0 Å². The van der Waals surface area contributed by atoms with Gasteiger partial charge >= 0.3 is 5.97 Å². The number of methoxy groups -OCH3 is 1. The molecule has 0 saturated heterocycles. The van der Waals surface area contributed by atoms with E-state index in [1.54, 1.807) is 10.8 Å². The van der Waals surface area contributed by atoms with Crippen LogP contribution in [0.2, 0.25) is 0 Å². The van der Waals surface area contributed by atoms with Gasteiger partial charge in [0.05, 0.1) is 12.7 Å². The SMILES string of the molecule is COC(=O)c1cn(CC(=O)NC2CC2)c2ccccc12. The van der Waals surface area contributed by atoms with Gasteiger partial charge in [-0.3, -0.25) is 4.79 Å². The summed E-state index contributed by atoms with van der Waals surface area (Å²) in [5.74, 6) is -0.410. The van der Waals surface area contributed by atoms with E-state index in [1.807, 2.05) is 24.3 Å². The molecule has 20 heavy (non-hydrogen) atoms. The molecule has 0 unspecified atom stereocenters. The number of nitrogens with zero attached hydrogens (tertiary/aromatic N) is 1. The highest BCUT2D eigenvalue weighted by Crippen LogP contribution is 2.22. The number of benzene rings is 1.